The van der Waals surface area contributed by atoms with E-state index in [4.69, 9.17) is 5.11 Å². The van der Waals surface area contributed by atoms with Crippen molar-refractivity contribution >= 4 is 15.8 Å². The van der Waals surface area contributed by atoms with E-state index in [0.29, 0.717) is 5.69 Å². The van der Waals surface area contributed by atoms with Gasteiger partial charge in [0.1, 0.15) is 0 Å². The molecule has 0 atom stereocenters. The largest absolute Gasteiger partial charge is 0.476 e. The van der Waals surface area contributed by atoms with E-state index in [1.165, 1.54) is 29.1 Å². The molecule has 0 radical (unpaired) electrons. The fourth-order valence-electron chi connectivity index (χ4n) is 1.47. The lowest BCUT2D eigenvalue weighted by atomic mass is 10.3. The molecule has 0 aliphatic rings. The van der Waals surface area contributed by atoms with Crippen LogP contribution in [0.15, 0.2) is 41.4 Å². The van der Waals surface area contributed by atoms with Gasteiger partial charge in [0.2, 0.25) is 9.84 Å². The number of halogens is 2. The van der Waals surface area contributed by atoms with Crippen LogP contribution in [0.1, 0.15) is 10.5 Å². The molecule has 1 aromatic heterocycles. The van der Waals surface area contributed by atoms with Gasteiger partial charge in [-0.05, 0) is 30.3 Å². The molecule has 2 aromatic rings. The predicted molar refractivity (Wildman–Crippen MR) is 63.7 cm³/mol. The summed E-state index contributed by atoms with van der Waals surface area (Å²) in [5, 5.41) is 12.4. The Labute approximate surface area is 112 Å². The van der Waals surface area contributed by atoms with Gasteiger partial charge >= 0.3 is 11.7 Å². The minimum absolute atomic E-state index is 0.186. The second-order valence-corrected chi connectivity index (χ2v) is 5.67. The molecule has 1 N–H and O–H groups in total. The zero-order chi connectivity index (χ0) is 14.9. The van der Waals surface area contributed by atoms with E-state index in [-0.39, 0.29) is 5.69 Å². The number of hydrogen-bond donors (Lipinski definition) is 1. The Bertz CT molecular complexity index is 738. The second kappa shape index (κ2) is 5.00. The number of alkyl halides is 2. The number of benzene rings is 1. The number of carboxylic acid groups (broad SMARTS) is 1. The summed E-state index contributed by atoms with van der Waals surface area (Å²) in [6, 6.07) is 5.80. The summed E-state index contributed by atoms with van der Waals surface area (Å²) in [4.78, 5) is 10.2. The summed E-state index contributed by atoms with van der Waals surface area (Å²) >= 11 is 0. The molecule has 6 nitrogen and oxygen atoms in total. The lowest BCUT2D eigenvalue weighted by molar-refractivity contribution is 0.0690. The fourth-order valence-corrected chi connectivity index (χ4v) is 2.19. The van der Waals surface area contributed by atoms with Gasteiger partial charge in [-0.1, -0.05) is 0 Å². The molecule has 2 rings (SSSR count). The summed E-state index contributed by atoms with van der Waals surface area (Å²) < 4.78 is 48.3. The standard InChI is InChI=1S/C11H8F2N2O4S/c12-11(13)20(18,19)8-3-1-7(2-4-8)15-6-5-9(14-15)10(16)17/h1-6,11H,(H,16,17). The molecule has 0 unspecified atom stereocenters. The van der Waals surface area contributed by atoms with E-state index < -0.39 is 26.5 Å². The molecule has 0 aliphatic heterocycles. The number of hydrogen-bond acceptors (Lipinski definition) is 4. The highest BCUT2D eigenvalue weighted by Gasteiger charge is 2.26. The van der Waals surface area contributed by atoms with Crippen molar-refractivity contribution in [2.75, 3.05) is 0 Å². The minimum Gasteiger partial charge on any atom is -0.476 e. The number of nitrogens with zero attached hydrogens (tertiary/aromatic N) is 2. The molecular formula is C11H8F2N2O4S. The van der Waals surface area contributed by atoms with Crippen LogP contribution in [0.25, 0.3) is 5.69 Å². The maximum Gasteiger partial charge on any atom is 0.356 e. The molecule has 0 bridgehead atoms. The Kier molecular flexibility index (Phi) is 3.53. The molecule has 0 saturated heterocycles. The highest BCUT2D eigenvalue weighted by Crippen LogP contribution is 2.19. The van der Waals surface area contributed by atoms with Crippen molar-refractivity contribution in [1.29, 1.82) is 0 Å². The topological polar surface area (TPSA) is 89.3 Å². The smallest absolute Gasteiger partial charge is 0.356 e. The van der Waals surface area contributed by atoms with Crippen molar-refractivity contribution < 1.29 is 27.1 Å². The van der Waals surface area contributed by atoms with Crippen molar-refractivity contribution in [3.63, 3.8) is 0 Å². The fraction of sp³-hybridized carbons (Fsp3) is 0.0909. The normalized spacial score (nSPS) is 11.8. The van der Waals surface area contributed by atoms with Gasteiger partial charge in [-0.25, -0.2) is 17.9 Å². The molecule has 106 valence electrons. The molecule has 0 aliphatic carbocycles. The van der Waals surface area contributed by atoms with Gasteiger partial charge in [0.15, 0.2) is 5.69 Å². The summed E-state index contributed by atoms with van der Waals surface area (Å²) in [6.45, 7) is 0. The number of carbonyl (C=O) groups is 1. The monoisotopic (exact) mass is 302 g/mol. The molecular weight excluding hydrogens is 294 g/mol. The first-order valence-corrected chi connectivity index (χ1v) is 6.78. The van der Waals surface area contributed by atoms with Gasteiger partial charge in [-0.15, -0.1) is 0 Å². The molecule has 9 heteroatoms. The summed E-state index contributed by atoms with van der Waals surface area (Å²) in [6.07, 6.45) is 1.36. The third-order valence-electron chi connectivity index (χ3n) is 2.47. The van der Waals surface area contributed by atoms with Crippen LogP contribution in [0.5, 0.6) is 0 Å². The molecule has 1 heterocycles. The van der Waals surface area contributed by atoms with Crippen molar-refractivity contribution in [2.45, 2.75) is 10.7 Å². The molecule has 0 fully saturated rings. The Balaban J connectivity index is 2.35. The predicted octanol–water partition coefficient (Wildman–Crippen LogP) is 1.57. The van der Waals surface area contributed by atoms with Crippen molar-refractivity contribution in [2.24, 2.45) is 0 Å². The number of sulfone groups is 1. The third kappa shape index (κ3) is 2.52. The number of aromatic nitrogens is 2. The Morgan fingerprint density at radius 2 is 1.80 bits per heavy atom. The minimum atomic E-state index is -4.64. The number of carboxylic acids is 1. The Morgan fingerprint density at radius 1 is 1.20 bits per heavy atom. The quantitative estimate of drug-likeness (QED) is 0.926. The van der Waals surface area contributed by atoms with Crippen LogP contribution in [0.3, 0.4) is 0 Å². The lowest BCUT2D eigenvalue weighted by Gasteiger charge is -2.05. The van der Waals surface area contributed by atoms with E-state index in [1.54, 1.807) is 0 Å². The zero-order valence-electron chi connectivity index (χ0n) is 9.77. The van der Waals surface area contributed by atoms with E-state index >= 15 is 0 Å². The zero-order valence-corrected chi connectivity index (χ0v) is 10.6. The van der Waals surface area contributed by atoms with E-state index in [0.717, 1.165) is 12.1 Å². The molecule has 0 saturated carbocycles. The Hall–Kier alpha value is -2.29. The highest BCUT2D eigenvalue weighted by atomic mass is 32.2. The van der Waals surface area contributed by atoms with Crippen molar-refractivity contribution in [3.8, 4) is 5.69 Å². The lowest BCUT2D eigenvalue weighted by Crippen LogP contribution is -2.11. The van der Waals surface area contributed by atoms with Gasteiger partial charge < -0.3 is 5.11 Å². The second-order valence-electron chi connectivity index (χ2n) is 3.75. The van der Waals surface area contributed by atoms with Gasteiger partial charge in [-0.3, -0.25) is 0 Å². The molecule has 1 aromatic carbocycles. The maximum atomic E-state index is 12.3. The third-order valence-corrected chi connectivity index (χ3v) is 3.87. The molecule has 0 amide bonds. The average molecular weight is 302 g/mol. The summed E-state index contributed by atoms with van der Waals surface area (Å²) in [5.74, 6) is -4.70. The van der Waals surface area contributed by atoms with E-state index in [1.807, 2.05) is 0 Å². The van der Waals surface area contributed by atoms with Crippen LogP contribution in [0.4, 0.5) is 8.78 Å². The van der Waals surface area contributed by atoms with Gasteiger partial charge in [0, 0.05) is 6.20 Å². The van der Waals surface area contributed by atoms with Gasteiger partial charge in [0.05, 0.1) is 10.6 Å². The first-order valence-electron chi connectivity index (χ1n) is 5.24. The van der Waals surface area contributed by atoms with Gasteiger partial charge in [-0.2, -0.15) is 13.9 Å². The van der Waals surface area contributed by atoms with E-state index in [9.17, 15) is 22.0 Å². The van der Waals surface area contributed by atoms with E-state index in [2.05, 4.69) is 5.10 Å². The van der Waals surface area contributed by atoms with Crippen LogP contribution in [0.2, 0.25) is 0 Å². The SMILES string of the molecule is O=C(O)c1ccn(-c2ccc(S(=O)(=O)C(F)F)cc2)n1. The van der Waals surface area contributed by atoms with Crippen LogP contribution in [-0.4, -0.2) is 35.0 Å². The van der Waals surface area contributed by atoms with Crippen LogP contribution in [-0.2, 0) is 9.84 Å². The highest BCUT2D eigenvalue weighted by molar-refractivity contribution is 7.91. The number of aromatic carboxylic acids is 1. The Morgan fingerprint density at radius 3 is 2.25 bits per heavy atom. The maximum absolute atomic E-state index is 12.3. The van der Waals surface area contributed by atoms with Crippen LogP contribution in [0, 0.1) is 0 Å². The van der Waals surface area contributed by atoms with Gasteiger partial charge in [0.25, 0.3) is 0 Å². The summed E-state index contributed by atoms with van der Waals surface area (Å²) in [7, 11) is -4.64. The van der Waals surface area contributed by atoms with Crippen molar-refractivity contribution in [3.05, 3.63) is 42.2 Å². The summed E-state index contributed by atoms with van der Waals surface area (Å²) in [5.41, 5.74) is 0.167. The van der Waals surface area contributed by atoms with Crippen molar-refractivity contribution in [1.82, 2.24) is 9.78 Å². The van der Waals surface area contributed by atoms with Crippen LogP contribution >= 0.6 is 0 Å². The molecule has 20 heavy (non-hydrogen) atoms. The number of rotatable bonds is 4. The molecule has 0 spiro atoms. The first kappa shape index (κ1) is 14.1. The van der Waals surface area contributed by atoms with Crippen LogP contribution < -0.4 is 0 Å². The average Bonchev–Trinajstić information content (AvgIpc) is 2.88. The first-order chi connectivity index (χ1) is 9.32.